The van der Waals surface area contributed by atoms with Crippen molar-refractivity contribution in [2.45, 2.75) is 26.4 Å². The molecule has 2 nitrogen and oxygen atoms in total. The van der Waals surface area contributed by atoms with Gasteiger partial charge in [-0.25, -0.2) is 0 Å². The Morgan fingerprint density at radius 2 is 2.00 bits per heavy atom. The van der Waals surface area contributed by atoms with Crippen LogP contribution in [0.15, 0.2) is 30.3 Å². The fourth-order valence-corrected chi connectivity index (χ4v) is 1.86. The van der Waals surface area contributed by atoms with Crippen LogP contribution in [0.2, 0.25) is 0 Å². The van der Waals surface area contributed by atoms with E-state index in [0.29, 0.717) is 0 Å². The molecule has 1 aromatic rings. The van der Waals surface area contributed by atoms with Crippen molar-refractivity contribution >= 4 is 13.3 Å². The van der Waals surface area contributed by atoms with Gasteiger partial charge in [-0.05, 0) is 30.0 Å². The topological polar surface area (TPSA) is 26.3 Å². The summed E-state index contributed by atoms with van der Waals surface area (Å²) in [6.07, 6.45) is 0.942. The molecule has 1 aromatic carbocycles. The monoisotopic (exact) mass is 197 g/mol. The maximum Gasteiger partial charge on any atom is 0.548 e. The molecule has 0 saturated heterocycles. The number of benzene rings is 1. The van der Waals surface area contributed by atoms with Crippen molar-refractivity contribution in [3.8, 4) is 0 Å². The second-order valence-electron chi connectivity index (χ2n) is 2.92. The molecule has 70 valence electrons. The average Bonchev–Trinajstić information content (AvgIpc) is 2.19. The summed E-state index contributed by atoms with van der Waals surface area (Å²) in [5.41, 5.74) is 0. The van der Waals surface area contributed by atoms with Gasteiger partial charge in [-0.3, -0.25) is 0 Å². The zero-order valence-electron chi connectivity index (χ0n) is 7.93. The van der Waals surface area contributed by atoms with Crippen molar-refractivity contribution in [2.75, 3.05) is 0 Å². The van der Waals surface area contributed by atoms with Gasteiger partial charge in [0, 0.05) is 0 Å². The Kier molecular flexibility index (Phi) is 4.07. The largest absolute Gasteiger partial charge is 0.548 e. The van der Waals surface area contributed by atoms with Gasteiger partial charge in [0.15, 0.2) is 0 Å². The van der Waals surface area contributed by atoms with Crippen LogP contribution in [0.25, 0.3) is 0 Å². The highest BCUT2D eigenvalue weighted by Gasteiger charge is 2.23. The van der Waals surface area contributed by atoms with Crippen LogP contribution in [0.5, 0.6) is 0 Å². The first-order valence-corrected chi connectivity index (χ1v) is 5.61. The molecule has 0 saturated carbocycles. The van der Waals surface area contributed by atoms with Crippen molar-refractivity contribution in [1.29, 1.82) is 0 Å². The first-order valence-electron chi connectivity index (χ1n) is 4.43. The maximum atomic E-state index is 11.5. The predicted octanol–water partition coefficient (Wildman–Crippen LogP) is 2.87. The Morgan fingerprint density at radius 3 is 2.54 bits per heavy atom. The summed E-state index contributed by atoms with van der Waals surface area (Å²) >= 11 is 0. The van der Waals surface area contributed by atoms with E-state index < -0.39 is 8.03 Å². The zero-order valence-corrected chi connectivity index (χ0v) is 8.83. The molecule has 0 spiro atoms. The smallest absolute Gasteiger partial charge is 0.139 e. The molecule has 2 atom stereocenters. The van der Waals surface area contributed by atoms with E-state index in [1.165, 1.54) is 0 Å². The van der Waals surface area contributed by atoms with E-state index in [0.717, 1.165) is 11.7 Å². The van der Waals surface area contributed by atoms with Crippen molar-refractivity contribution in [2.24, 2.45) is 0 Å². The van der Waals surface area contributed by atoms with Crippen LogP contribution in [-0.4, -0.2) is 6.10 Å². The summed E-state index contributed by atoms with van der Waals surface area (Å²) in [5, 5.41) is 0.762. The van der Waals surface area contributed by atoms with Crippen molar-refractivity contribution in [3.63, 3.8) is 0 Å². The Labute approximate surface area is 79.8 Å². The van der Waals surface area contributed by atoms with Crippen LogP contribution >= 0.6 is 8.03 Å². The second-order valence-corrected chi connectivity index (χ2v) is 4.16. The molecule has 0 bridgehead atoms. The van der Waals surface area contributed by atoms with Crippen LogP contribution in [0.3, 0.4) is 0 Å². The Morgan fingerprint density at radius 1 is 1.38 bits per heavy atom. The van der Waals surface area contributed by atoms with E-state index in [2.05, 4.69) is 0 Å². The third kappa shape index (κ3) is 3.25. The molecule has 0 aliphatic carbocycles. The van der Waals surface area contributed by atoms with Gasteiger partial charge in [0.1, 0.15) is 6.10 Å². The van der Waals surface area contributed by atoms with Crippen molar-refractivity contribution in [3.05, 3.63) is 30.3 Å². The lowest BCUT2D eigenvalue weighted by Gasteiger charge is -1.97. The average molecular weight is 197 g/mol. The van der Waals surface area contributed by atoms with Crippen molar-refractivity contribution < 1.29 is 9.09 Å². The fraction of sp³-hybridized carbons (Fsp3) is 0.400. The molecule has 0 heterocycles. The van der Waals surface area contributed by atoms with E-state index in [9.17, 15) is 4.57 Å². The fourth-order valence-electron chi connectivity index (χ4n) is 0.849. The van der Waals surface area contributed by atoms with Gasteiger partial charge in [0.25, 0.3) is 0 Å². The van der Waals surface area contributed by atoms with Gasteiger partial charge < -0.3 is 0 Å². The molecule has 0 aromatic heterocycles. The zero-order chi connectivity index (χ0) is 9.68. The summed E-state index contributed by atoms with van der Waals surface area (Å²) in [5.74, 6) is 0. The number of hydrogen-bond donors (Lipinski definition) is 0. The van der Waals surface area contributed by atoms with Gasteiger partial charge in [0.05, 0.1) is 0 Å². The Balaban J connectivity index is 2.59. The molecule has 0 amide bonds. The normalized spacial score (nSPS) is 13.8. The SMILES string of the molecule is CC[C@H](C)O[P+](=O)c1ccccc1. The van der Waals surface area contributed by atoms with E-state index in [4.69, 9.17) is 4.52 Å². The lowest BCUT2D eigenvalue weighted by molar-refractivity contribution is 0.235. The highest BCUT2D eigenvalue weighted by molar-refractivity contribution is 7.48. The predicted molar refractivity (Wildman–Crippen MR) is 54.5 cm³/mol. The molecule has 0 aliphatic heterocycles. The van der Waals surface area contributed by atoms with Crippen molar-refractivity contribution in [1.82, 2.24) is 0 Å². The Bertz CT molecular complexity index is 272. The number of rotatable bonds is 4. The molecule has 0 radical (unpaired) electrons. The van der Waals surface area contributed by atoms with E-state index >= 15 is 0 Å². The van der Waals surface area contributed by atoms with Crippen LogP contribution in [-0.2, 0) is 9.09 Å². The van der Waals surface area contributed by atoms with Gasteiger partial charge in [0.2, 0.25) is 5.30 Å². The van der Waals surface area contributed by atoms with Crippen LogP contribution in [0, 0.1) is 0 Å². The van der Waals surface area contributed by atoms with E-state index in [-0.39, 0.29) is 6.10 Å². The van der Waals surface area contributed by atoms with Gasteiger partial charge in [-0.2, -0.15) is 0 Å². The molecule has 13 heavy (non-hydrogen) atoms. The third-order valence-corrected chi connectivity index (χ3v) is 3.09. The molecular weight excluding hydrogens is 183 g/mol. The van der Waals surface area contributed by atoms with Gasteiger partial charge in [-0.1, -0.05) is 25.1 Å². The van der Waals surface area contributed by atoms with Crippen LogP contribution < -0.4 is 5.30 Å². The van der Waals surface area contributed by atoms with Crippen LogP contribution in [0.1, 0.15) is 20.3 Å². The molecule has 0 N–H and O–H groups in total. The highest BCUT2D eigenvalue weighted by Crippen LogP contribution is 2.24. The minimum Gasteiger partial charge on any atom is -0.139 e. The molecule has 3 heteroatoms. The Hall–Kier alpha value is -0.720. The summed E-state index contributed by atoms with van der Waals surface area (Å²) in [4.78, 5) is 0. The summed E-state index contributed by atoms with van der Waals surface area (Å²) in [6.45, 7) is 3.94. The summed E-state index contributed by atoms with van der Waals surface area (Å²) < 4.78 is 16.8. The quantitative estimate of drug-likeness (QED) is 0.694. The molecule has 0 fully saturated rings. The van der Waals surface area contributed by atoms with Crippen LogP contribution in [0.4, 0.5) is 0 Å². The lowest BCUT2D eigenvalue weighted by Crippen LogP contribution is -2.05. The first kappa shape index (κ1) is 10.4. The first-order chi connectivity index (χ1) is 6.24. The van der Waals surface area contributed by atoms with Gasteiger partial charge in [-0.15, -0.1) is 4.52 Å². The standard InChI is InChI=1S/C10H14O2P/c1-3-9(2)12-13(11)10-7-5-4-6-8-10/h4-9H,3H2,1-2H3/q+1/t9-/m0/s1. The molecule has 1 rings (SSSR count). The minimum atomic E-state index is -1.67. The molecule has 0 aliphatic rings. The van der Waals surface area contributed by atoms with E-state index in [1.807, 2.05) is 44.2 Å². The number of hydrogen-bond acceptors (Lipinski definition) is 2. The van der Waals surface area contributed by atoms with E-state index in [1.54, 1.807) is 0 Å². The minimum absolute atomic E-state index is 0.0591. The third-order valence-electron chi connectivity index (χ3n) is 1.82. The maximum absolute atomic E-state index is 11.5. The lowest BCUT2D eigenvalue weighted by atomic mass is 10.3. The summed E-state index contributed by atoms with van der Waals surface area (Å²) in [6, 6.07) is 9.27. The summed E-state index contributed by atoms with van der Waals surface area (Å²) in [7, 11) is -1.67. The van der Waals surface area contributed by atoms with Gasteiger partial charge >= 0.3 is 8.03 Å². The molecular formula is C10H14O2P+. The highest BCUT2D eigenvalue weighted by atomic mass is 31.1. The molecule has 1 unspecified atom stereocenters. The second kappa shape index (κ2) is 5.11.